The average Bonchev–Trinajstić information content (AvgIpc) is 2.75. The first-order chi connectivity index (χ1) is 12.9. The van der Waals surface area contributed by atoms with Gasteiger partial charge in [-0.15, -0.1) is 11.8 Å². The third-order valence-corrected chi connectivity index (χ3v) is 7.67. The van der Waals surface area contributed by atoms with Gasteiger partial charge in [0.1, 0.15) is 5.82 Å². The molecule has 0 spiro atoms. The largest absolute Gasteiger partial charge is 0.340 e. The number of benzene rings is 2. The van der Waals surface area contributed by atoms with Gasteiger partial charge in [-0.05, 0) is 60.6 Å². The molecule has 6 heteroatoms. The van der Waals surface area contributed by atoms with Crippen LogP contribution in [0.4, 0.5) is 15.8 Å². The predicted octanol–water partition coefficient (Wildman–Crippen LogP) is 5.67. The second-order valence-electron chi connectivity index (χ2n) is 6.94. The smallest absolute Gasteiger partial charge is 0.180 e. The summed E-state index contributed by atoms with van der Waals surface area (Å²) in [5.74, 6) is 0.841. The van der Waals surface area contributed by atoms with E-state index in [1.807, 2.05) is 12.1 Å². The summed E-state index contributed by atoms with van der Waals surface area (Å²) in [6, 6.07) is 11.9. The van der Waals surface area contributed by atoms with Crippen LogP contribution in [-0.2, 0) is 9.84 Å². The number of thioether (sulfide) groups is 1. The topological polar surface area (TPSA) is 37.4 Å². The SMILES string of the molecule is CCCCC1CN(c2ccc(F)cc2)c2cc(SCC)ccc2S(=O)(=O)C1. The fourth-order valence-corrected chi connectivity index (χ4v) is 6.10. The molecule has 0 fully saturated rings. The molecule has 146 valence electrons. The number of fused-ring (bicyclic) bond motifs is 1. The lowest BCUT2D eigenvalue weighted by atomic mass is 10.0. The summed E-state index contributed by atoms with van der Waals surface area (Å²) >= 11 is 1.69. The zero-order valence-corrected chi connectivity index (χ0v) is 17.5. The van der Waals surface area contributed by atoms with E-state index in [0.717, 1.165) is 35.6 Å². The van der Waals surface area contributed by atoms with E-state index in [4.69, 9.17) is 0 Å². The van der Waals surface area contributed by atoms with Crippen molar-refractivity contribution in [2.45, 2.75) is 42.9 Å². The van der Waals surface area contributed by atoms with Crippen molar-refractivity contribution in [1.82, 2.24) is 0 Å². The van der Waals surface area contributed by atoms with Crippen molar-refractivity contribution in [1.29, 1.82) is 0 Å². The Hall–Kier alpha value is -1.53. The summed E-state index contributed by atoms with van der Waals surface area (Å²) in [6.45, 7) is 4.82. The van der Waals surface area contributed by atoms with Crippen molar-refractivity contribution >= 4 is 33.0 Å². The standard InChI is InChI=1S/C21H26FNO2S2/c1-3-5-6-16-14-23(18-9-7-17(22)8-10-18)20-13-19(26-4-2)11-12-21(20)27(24,25)15-16/h7-13,16H,3-6,14-15H2,1-2H3. The van der Waals surface area contributed by atoms with E-state index in [1.54, 1.807) is 30.0 Å². The van der Waals surface area contributed by atoms with Crippen molar-refractivity contribution in [2.75, 3.05) is 23.0 Å². The Bertz CT molecular complexity index is 882. The maximum atomic E-state index is 13.4. The molecule has 1 atom stereocenters. The average molecular weight is 408 g/mol. The molecule has 2 aromatic carbocycles. The highest BCUT2D eigenvalue weighted by atomic mass is 32.2. The van der Waals surface area contributed by atoms with E-state index < -0.39 is 9.84 Å². The van der Waals surface area contributed by atoms with E-state index >= 15 is 0 Å². The molecule has 1 unspecified atom stereocenters. The van der Waals surface area contributed by atoms with E-state index in [1.165, 1.54) is 12.1 Å². The second kappa shape index (κ2) is 8.65. The Kier molecular flexibility index (Phi) is 6.48. The van der Waals surface area contributed by atoms with Crippen molar-refractivity contribution in [3.05, 3.63) is 48.3 Å². The molecule has 3 nitrogen and oxygen atoms in total. The Morgan fingerprint density at radius 1 is 1.15 bits per heavy atom. The minimum absolute atomic E-state index is 0.0506. The lowest BCUT2D eigenvalue weighted by molar-refractivity contribution is 0.506. The molecule has 2 aromatic rings. The molecule has 3 rings (SSSR count). The third-order valence-electron chi connectivity index (χ3n) is 4.87. The molecule has 0 aromatic heterocycles. The molecule has 0 saturated carbocycles. The highest BCUT2D eigenvalue weighted by Gasteiger charge is 2.32. The molecule has 1 aliphatic heterocycles. The number of sulfone groups is 1. The van der Waals surface area contributed by atoms with Crippen LogP contribution in [-0.4, -0.2) is 26.5 Å². The highest BCUT2D eigenvalue weighted by Crippen LogP contribution is 2.39. The van der Waals surface area contributed by atoms with Gasteiger partial charge in [-0.1, -0.05) is 26.7 Å². The maximum absolute atomic E-state index is 13.4. The van der Waals surface area contributed by atoms with Crippen LogP contribution in [0.3, 0.4) is 0 Å². The number of rotatable bonds is 6. The number of hydrogen-bond acceptors (Lipinski definition) is 4. The summed E-state index contributed by atoms with van der Waals surface area (Å²) < 4.78 is 39.6. The fraction of sp³-hybridized carbons (Fsp3) is 0.429. The van der Waals surface area contributed by atoms with Crippen LogP contribution in [0, 0.1) is 11.7 Å². The van der Waals surface area contributed by atoms with Gasteiger partial charge in [0.15, 0.2) is 9.84 Å². The third kappa shape index (κ3) is 4.66. The van der Waals surface area contributed by atoms with Crippen LogP contribution in [0.1, 0.15) is 33.1 Å². The summed E-state index contributed by atoms with van der Waals surface area (Å²) in [7, 11) is -3.36. The second-order valence-corrected chi connectivity index (χ2v) is 10.3. The van der Waals surface area contributed by atoms with E-state index in [9.17, 15) is 12.8 Å². The van der Waals surface area contributed by atoms with Crippen molar-refractivity contribution in [3.63, 3.8) is 0 Å². The van der Waals surface area contributed by atoms with Gasteiger partial charge >= 0.3 is 0 Å². The molecule has 1 aliphatic rings. The molecule has 1 heterocycles. The molecule has 0 N–H and O–H groups in total. The number of anilines is 2. The first-order valence-electron chi connectivity index (χ1n) is 9.47. The summed E-state index contributed by atoms with van der Waals surface area (Å²) in [6.07, 6.45) is 2.92. The number of halogens is 1. The number of unbranched alkanes of at least 4 members (excludes halogenated alkanes) is 1. The van der Waals surface area contributed by atoms with Gasteiger partial charge in [-0.2, -0.15) is 0 Å². The Balaban J connectivity index is 2.12. The quantitative estimate of drug-likeness (QED) is 0.578. The van der Waals surface area contributed by atoms with Crippen molar-refractivity contribution in [3.8, 4) is 0 Å². The first kappa shape index (κ1) is 20.2. The first-order valence-corrected chi connectivity index (χ1v) is 12.1. The van der Waals surface area contributed by atoms with Crippen LogP contribution in [0.25, 0.3) is 0 Å². The summed E-state index contributed by atoms with van der Waals surface area (Å²) in [5, 5.41) is 0. The van der Waals surface area contributed by atoms with Crippen LogP contribution in [0.5, 0.6) is 0 Å². The predicted molar refractivity (Wildman–Crippen MR) is 111 cm³/mol. The summed E-state index contributed by atoms with van der Waals surface area (Å²) in [4.78, 5) is 3.48. The minimum atomic E-state index is -3.36. The molecular weight excluding hydrogens is 381 g/mol. The van der Waals surface area contributed by atoms with Gasteiger partial charge in [0.2, 0.25) is 0 Å². The lowest BCUT2D eigenvalue weighted by Gasteiger charge is -2.27. The molecule has 0 aliphatic carbocycles. The molecular formula is C21H26FNO2S2. The van der Waals surface area contributed by atoms with Crippen LogP contribution < -0.4 is 4.90 Å². The fourth-order valence-electron chi connectivity index (χ4n) is 3.57. The molecule has 0 bridgehead atoms. The molecule has 0 amide bonds. The lowest BCUT2D eigenvalue weighted by Crippen LogP contribution is -2.26. The number of hydrogen-bond donors (Lipinski definition) is 0. The molecule has 27 heavy (non-hydrogen) atoms. The van der Waals surface area contributed by atoms with Gasteiger partial charge < -0.3 is 4.90 Å². The van der Waals surface area contributed by atoms with Crippen LogP contribution in [0.15, 0.2) is 52.3 Å². The van der Waals surface area contributed by atoms with Gasteiger partial charge in [0.25, 0.3) is 0 Å². The highest BCUT2D eigenvalue weighted by molar-refractivity contribution is 7.99. The number of nitrogens with zero attached hydrogens (tertiary/aromatic N) is 1. The zero-order chi connectivity index (χ0) is 19.4. The van der Waals surface area contributed by atoms with E-state index in [-0.39, 0.29) is 17.5 Å². The maximum Gasteiger partial charge on any atom is 0.180 e. The minimum Gasteiger partial charge on any atom is -0.340 e. The van der Waals surface area contributed by atoms with E-state index in [2.05, 4.69) is 18.7 Å². The normalized spacial score (nSPS) is 18.8. The van der Waals surface area contributed by atoms with Gasteiger partial charge in [-0.25, -0.2) is 12.8 Å². The Morgan fingerprint density at radius 2 is 1.89 bits per heavy atom. The monoisotopic (exact) mass is 407 g/mol. The van der Waals surface area contributed by atoms with Crippen LogP contribution >= 0.6 is 11.8 Å². The molecule has 0 radical (unpaired) electrons. The Morgan fingerprint density at radius 3 is 2.56 bits per heavy atom. The van der Waals surface area contributed by atoms with Crippen molar-refractivity contribution < 1.29 is 12.8 Å². The van der Waals surface area contributed by atoms with Gasteiger partial charge in [0.05, 0.1) is 16.3 Å². The summed E-state index contributed by atoms with van der Waals surface area (Å²) in [5.41, 5.74) is 1.54. The molecule has 0 saturated heterocycles. The Labute approximate surface area is 165 Å². The van der Waals surface area contributed by atoms with Crippen molar-refractivity contribution in [2.24, 2.45) is 5.92 Å². The van der Waals surface area contributed by atoms with Crippen LogP contribution in [0.2, 0.25) is 0 Å². The van der Waals surface area contributed by atoms with Gasteiger partial charge in [-0.3, -0.25) is 0 Å². The zero-order valence-electron chi connectivity index (χ0n) is 15.8. The van der Waals surface area contributed by atoms with E-state index in [0.29, 0.717) is 17.1 Å². The van der Waals surface area contributed by atoms with Gasteiger partial charge in [0, 0.05) is 17.1 Å².